The van der Waals surface area contributed by atoms with Crippen LogP contribution in [0.5, 0.6) is 0 Å². The van der Waals surface area contributed by atoms with Crippen LogP contribution >= 0.6 is 12.2 Å². The summed E-state index contributed by atoms with van der Waals surface area (Å²) in [7, 11) is 0. The Labute approximate surface area is 131 Å². The van der Waals surface area contributed by atoms with Gasteiger partial charge < -0.3 is 11.1 Å². The minimum atomic E-state index is -0.0203. The normalized spacial score (nSPS) is 14.5. The van der Waals surface area contributed by atoms with E-state index in [1.165, 1.54) is 12.8 Å². The summed E-state index contributed by atoms with van der Waals surface area (Å²) in [6.07, 6.45) is 2.57. The zero-order valence-corrected chi connectivity index (χ0v) is 13.5. The fourth-order valence-electron chi connectivity index (χ4n) is 2.27. The van der Waals surface area contributed by atoms with E-state index in [0.29, 0.717) is 28.8 Å². The summed E-state index contributed by atoms with van der Waals surface area (Å²) in [5.41, 5.74) is 7.08. The average Bonchev–Trinajstić information content (AvgIpc) is 3.22. The van der Waals surface area contributed by atoms with Gasteiger partial charge in [-0.1, -0.05) is 24.4 Å². The summed E-state index contributed by atoms with van der Waals surface area (Å²) in [5, 5.41) is 2.92. The first-order chi connectivity index (χ1) is 9.97. The van der Waals surface area contributed by atoms with Crippen LogP contribution in [0.4, 0.5) is 5.69 Å². The molecule has 1 aliphatic rings. The molecule has 0 atom stereocenters. The molecule has 0 aromatic heterocycles. The first-order valence-electron chi connectivity index (χ1n) is 7.40. The lowest BCUT2D eigenvalue weighted by Gasteiger charge is -2.25. The number of nitrogens with one attached hydrogen (secondary N) is 1. The Hall–Kier alpha value is -1.46. The lowest BCUT2D eigenvalue weighted by atomic mass is 10.1. The van der Waals surface area contributed by atoms with Crippen molar-refractivity contribution in [3.63, 3.8) is 0 Å². The topological polar surface area (TPSA) is 58.4 Å². The Morgan fingerprint density at radius 3 is 2.67 bits per heavy atom. The van der Waals surface area contributed by atoms with E-state index in [4.69, 9.17) is 18.0 Å². The second-order valence-corrected chi connectivity index (χ2v) is 6.36. The highest BCUT2D eigenvalue weighted by Gasteiger charge is 2.26. The Morgan fingerprint density at radius 1 is 1.43 bits per heavy atom. The fourth-order valence-corrected chi connectivity index (χ4v) is 2.45. The quantitative estimate of drug-likeness (QED) is 0.759. The smallest absolute Gasteiger partial charge is 0.238 e. The van der Waals surface area contributed by atoms with Gasteiger partial charge in [-0.3, -0.25) is 9.69 Å². The molecule has 0 saturated heterocycles. The van der Waals surface area contributed by atoms with Crippen molar-refractivity contribution in [3.8, 4) is 0 Å². The minimum Gasteiger partial charge on any atom is -0.389 e. The van der Waals surface area contributed by atoms with Crippen molar-refractivity contribution in [3.05, 3.63) is 29.8 Å². The van der Waals surface area contributed by atoms with Crippen molar-refractivity contribution in [2.45, 2.75) is 32.7 Å². The Kier molecular flexibility index (Phi) is 5.31. The maximum Gasteiger partial charge on any atom is 0.238 e. The molecular weight excluding hydrogens is 282 g/mol. The largest absolute Gasteiger partial charge is 0.389 e. The third kappa shape index (κ3) is 4.79. The molecule has 1 aromatic rings. The van der Waals surface area contributed by atoms with Gasteiger partial charge in [0.05, 0.1) is 12.2 Å². The highest BCUT2D eigenvalue weighted by molar-refractivity contribution is 7.80. The molecule has 1 fully saturated rings. The maximum atomic E-state index is 12.3. The molecule has 0 radical (unpaired) electrons. The first kappa shape index (κ1) is 15.9. The number of rotatable bonds is 7. The standard InChI is InChI=1S/C16H23N3OS/c1-11(2)19(9-12-7-8-12)10-15(20)18-14-6-4-3-5-13(14)16(17)21/h3-6,11-12H,7-10H2,1-2H3,(H2,17,21)(H,18,20). The van der Waals surface area contributed by atoms with E-state index in [-0.39, 0.29) is 5.91 Å². The van der Waals surface area contributed by atoms with Crippen LogP contribution in [0.2, 0.25) is 0 Å². The monoisotopic (exact) mass is 305 g/mol. The highest BCUT2D eigenvalue weighted by atomic mass is 32.1. The van der Waals surface area contributed by atoms with E-state index < -0.39 is 0 Å². The average molecular weight is 305 g/mol. The number of hydrogen-bond acceptors (Lipinski definition) is 3. The molecule has 0 spiro atoms. The van der Waals surface area contributed by atoms with Gasteiger partial charge in [-0.05, 0) is 44.7 Å². The van der Waals surface area contributed by atoms with E-state index in [1.807, 2.05) is 24.3 Å². The lowest BCUT2D eigenvalue weighted by molar-refractivity contribution is -0.117. The van der Waals surface area contributed by atoms with Gasteiger partial charge in [-0.25, -0.2) is 0 Å². The second-order valence-electron chi connectivity index (χ2n) is 5.92. The van der Waals surface area contributed by atoms with Gasteiger partial charge in [0.15, 0.2) is 0 Å². The number of hydrogen-bond donors (Lipinski definition) is 2. The van der Waals surface area contributed by atoms with Crippen molar-refractivity contribution < 1.29 is 4.79 Å². The highest BCUT2D eigenvalue weighted by Crippen LogP contribution is 2.30. The van der Waals surface area contributed by atoms with Crippen LogP contribution in [0.1, 0.15) is 32.3 Å². The van der Waals surface area contributed by atoms with E-state index in [9.17, 15) is 4.79 Å². The number of benzene rings is 1. The molecule has 5 heteroatoms. The van der Waals surface area contributed by atoms with Crippen LogP contribution in [-0.4, -0.2) is 34.9 Å². The predicted octanol–water partition coefficient (Wildman–Crippen LogP) is 2.38. The van der Waals surface area contributed by atoms with Crippen molar-refractivity contribution >= 4 is 28.8 Å². The number of para-hydroxylation sites is 1. The van der Waals surface area contributed by atoms with E-state index in [2.05, 4.69) is 24.1 Å². The van der Waals surface area contributed by atoms with Gasteiger partial charge in [0.2, 0.25) is 5.91 Å². The van der Waals surface area contributed by atoms with E-state index >= 15 is 0 Å². The summed E-state index contributed by atoms with van der Waals surface area (Å²) >= 11 is 5.01. The molecule has 2 rings (SSSR count). The summed E-state index contributed by atoms with van der Waals surface area (Å²) in [5.74, 6) is 0.747. The lowest BCUT2D eigenvalue weighted by Crippen LogP contribution is -2.39. The van der Waals surface area contributed by atoms with Crippen LogP contribution in [0.15, 0.2) is 24.3 Å². The molecule has 1 saturated carbocycles. The van der Waals surface area contributed by atoms with Gasteiger partial charge in [0, 0.05) is 18.2 Å². The molecule has 1 aliphatic carbocycles. The Balaban J connectivity index is 1.98. The summed E-state index contributed by atoms with van der Waals surface area (Å²) in [6.45, 7) is 5.65. The molecule has 0 bridgehead atoms. The van der Waals surface area contributed by atoms with Crippen LogP contribution in [-0.2, 0) is 4.79 Å². The van der Waals surface area contributed by atoms with Gasteiger partial charge in [0.1, 0.15) is 4.99 Å². The Morgan fingerprint density at radius 2 is 2.10 bits per heavy atom. The number of thiocarbonyl (C=S) groups is 1. The van der Waals surface area contributed by atoms with Crippen LogP contribution < -0.4 is 11.1 Å². The molecule has 4 nitrogen and oxygen atoms in total. The number of carbonyl (C=O) groups excluding carboxylic acids is 1. The predicted molar refractivity (Wildman–Crippen MR) is 90.4 cm³/mol. The second kappa shape index (κ2) is 7.00. The number of nitrogens with two attached hydrogens (primary N) is 1. The first-order valence-corrected chi connectivity index (χ1v) is 7.81. The van der Waals surface area contributed by atoms with Gasteiger partial charge in [-0.2, -0.15) is 0 Å². The van der Waals surface area contributed by atoms with Crippen LogP contribution in [0.25, 0.3) is 0 Å². The number of carbonyl (C=O) groups is 1. The van der Waals surface area contributed by atoms with Crippen molar-refractivity contribution in [2.24, 2.45) is 11.7 Å². The number of amides is 1. The van der Waals surface area contributed by atoms with Gasteiger partial charge in [-0.15, -0.1) is 0 Å². The molecule has 1 amide bonds. The Bertz CT molecular complexity index is 526. The maximum absolute atomic E-state index is 12.3. The van der Waals surface area contributed by atoms with Crippen molar-refractivity contribution in [1.82, 2.24) is 4.90 Å². The van der Waals surface area contributed by atoms with Gasteiger partial charge >= 0.3 is 0 Å². The van der Waals surface area contributed by atoms with Gasteiger partial charge in [0.25, 0.3) is 0 Å². The zero-order valence-electron chi connectivity index (χ0n) is 12.6. The molecule has 114 valence electrons. The van der Waals surface area contributed by atoms with Crippen LogP contribution in [0.3, 0.4) is 0 Å². The van der Waals surface area contributed by atoms with Crippen molar-refractivity contribution in [1.29, 1.82) is 0 Å². The van der Waals surface area contributed by atoms with Crippen LogP contribution in [0, 0.1) is 5.92 Å². The molecule has 1 aromatic carbocycles. The van der Waals surface area contributed by atoms with E-state index in [1.54, 1.807) is 0 Å². The summed E-state index contributed by atoms with van der Waals surface area (Å²) in [4.78, 5) is 14.8. The van der Waals surface area contributed by atoms with Crippen molar-refractivity contribution in [2.75, 3.05) is 18.4 Å². The molecular formula is C16H23N3OS. The number of nitrogens with zero attached hydrogens (tertiary/aromatic N) is 1. The zero-order chi connectivity index (χ0) is 15.4. The third-order valence-electron chi connectivity index (χ3n) is 3.73. The molecule has 0 heterocycles. The molecule has 0 unspecified atom stereocenters. The molecule has 21 heavy (non-hydrogen) atoms. The fraction of sp³-hybridized carbons (Fsp3) is 0.500. The SMILES string of the molecule is CC(C)N(CC(=O)Nc1ccccc1C(N)=S)CC1CC1. The summed E-state index contributed by atoms with van der Waals surface area (Å²) < 4.78 is 0. The molecule has 0 aliphatic heterocycles. The number of anilines is 1. The summed E-state index contributed by atoms with van der Waals surface area (Å²) in [6, 6.07) is 7.73. The van der Waals surface area contributed by atoms with E-state index in [0.717, 1.165) is 12.5 Å². The molecule has 3 N–H and O–H groups in total. The minimum absolute atomic E-state index is 0.0203. The third-order valence-corrected chi connectivity index (χ3v) is 3.95.